The standard InChI is InChI=1S/C13H16N2OS/c1-16-11-8-10-4-2-5-15-13(10)12(9-11)14-6-3-7-17/h2,4-5,8-9,14,17H,3,6-7H2,1H3. The summed E-state index contributed by atoms with van der Waals surface area (Å²) in [6, 6.07) is 7.94. The molecular weight excluding hydrogens is 232 g/mol. The van der Waals surface area contributed by atoms with Crippen LogP contribution in [0.1, 0.15) is 6.42 Å². The minimum Gasteiger partial charge on any atom is -0.497 e. The first-order valence-electron chi connectivity index (χ1n) is 5.62. The highest BCUT2D eigenvalue weighted by Crippen LogP contribution is 2.27. The molecule has 1 N–H and O–H groups in total. The number of anilines is 1. The lowest BCUT2D eigenvalue weighted by Gasteiger charge is -2.10. The van der Waals surface area contributed by atoms with Gasteiger partial charge >= 0.3 is 0 Å². The van der Waals surface area contributed by atoms with Crippen molar-refractivity contribution >= 4 is 29.2 Å². The van der Waals surface area contributed by atoms with E-state index in [2.05, 4.69) is 22.9 Å². The summed E-state index contributed by atoms with van der Waals surface area (Å²) in [6.45, 7) is 0.891. The summed E-state index contributed by atoms with van der Waals surface area (Å²) >= 11 is 4.20. The summed E-state index contributed by atoms with van der Waals surface area (Å²) < 4.78 is 5.29. The lowest BCUT2D eigenvalue weighted by Crippen LogP contribution is -2.03. The normalized spacial score (nSPS) is 10.5. The maximum atomic E-state index is 5.29. The topological polar surface area (TPSA) is 34.1 Å². The zero-order chi connectivity index (χ0) is 12.1. The van der Waals surface area contributed by atoms with Gasteiger partial charge in [-0.25, -0.2) is 0 Å². The zero-order valence-corrected chi connectivity index (χ0v) is 10.7. The second-order valence-corrected chi connectivity index (χ2v) is 4.20. The SMILES string of the molecule is COc1cc(NCCCS)c2ncccc2c1. The van der Waals surface area contributed by atoms with E-state index in [9.17, 15) is 0 Å². The van der Waals surface area contributed by atoms with Gasteiger partial charge in [-0.15, -0.1) is 0 Å². The highest BCUT2D eigenvalue weighted by Gasteiger charge is 2.04. The van der Waals surface area contributed by atoms with Crippen LogP contribution in [0.25, 0.3) is 10.9 Å². The molecule has 0 atom stereocenters. The Balaban J connectivity index is 2.36. The van der Waals surface area contributed by atoms with E-state index in [0.29, 0.717) is 0 Å². The van der Waals surface area contributed by atoms with Gasteiger partial charge < -0.3 is 10.1 Å². The van der Waals surface area contributed by atoms with Gasteiger partial charge in [0.15, 0.2) is 0 Å². The van der Waals surface area contributed by atoms with E-state index < -0.39 is 0 Å². The molecule has 1 heterocycles. The summed E-state index contributed by atoms with van der Waals surface area (Å²) in [5.41, 5.74) is 1.99. The number of ether oxygens (including phenoxy) is 1. The van der Waals surface area contributed by atoms with Crippen molar-refractivity contribution in [2.75, 3.05) is 24.7 Å². The Labute approximate surface area is 107 Å². The monoisotopic (exact) mass is 248 g/mol. The molecule has 0 saturated heterocycles. The Morgan fingerprint density at radius 3 is 3.06 bits per heavy atom. The number of pyridine rings is 1. The first-order valence-corrected chi connectivity index (χ1v) is 6.26. The number of aromatic nitrogens is 1. The Morgan fingerprint density at radius 1 is 1.41 bits per heavy atom. The molecule has 0 radical (unpaired) electrons. The number of hydrogen-bond acceptors (Lipinski definition) is 4. The first kappa shape index (κ1) is 12.0. The first-order chi connectivity index (χ1) is 8.35. The van der Waals surface area contributed by atoms with Gasteiger partial charge in [0, 0.05) is 24.2 Å². The second kappa shape index (κ2) is 5.77. The Bertz CT molecular complexity index is 502. The quantitative estimate of drug-likeness (QED) is 0.630. The highest BCUT2D eigenvalue weighted by atomic mass is 32.1. The molecule has 0 aliphatic rings. The Morgan fingerprint density at radius 2 is 2.29 bits per heavy atom. The van der Waals surface area contributed by atoms with E-state index >= 15 is 0 Å². The van der Waals surface area contributed by atoms with E-state index in [0.717, 1.165) is 41.1 Å². The van der Waals surface area contributed by atoms with Gasteiger partial charge in [0.25, 0.3) is 0 Å². The second-order valence-electron chi connectivity index (χ2n) is 3.75. The molecule has 2 rings (SSSR count). The largest absolute Gasteiger partial charge is 0.497 e. The molecular formula is C13H16N2OS. The Kier molecular flexibility index (Phi) is 4.09. The maximum Gasteiger partial charge on any atom is 0.121 e. The molecule has 0 fully saturated rings. The molecule has 0 aliphatic heterocycles. The van der Waals surface area contributed by atoms with Crippen molar-refractivity contribution in [3.8, 4) is 5.75 Å². The van der Waals surface area contributed by atoms with Gasteiger partial charge in [-0.05, 0) is 24.3 Å². The molecule has 1 aromatic carbocycles. The molecule has 2 aromatic rings. The fraction of sp³-hybridized carbons (Fsp3) is 0.308. The minimum absolute atomic E-state index is 0.846. The summed E-state index contributed by atoms with van der Waals surface area (Å²) in [5, 5.41) is 4.46. The van der Waals surface area contributed by atoms with Crippen LogP contribution in [0.4, 0.5) is 5.69 Å². The van der Waals surface area contributed by atoms with E-state index in [4.69, 9.17) is 4.74 Å². The van der Waals surface area contributed by atoms with Gasteiger partial charge in [0.05, 0.1) is 18.3 Å². The number of rotatable bonds is 5. The number of benzene rings is 1. The molecule has 0 saturated carbocycles. The van der Waals surface area contributed by atoms with Gasteiger partial charge in [0.1, 0.15) is 5.75 Å². The van der Waals surface area contributed by atoms with Crippen molar-refractivity contribution in [2.45, 2.75) is 6.42 Å². The number of methoxy groups -OCH3 is 1. The summed E-state index contributed by atoms with van der Waals surface area (Å²) in [5.74, 6) is 1.72. The summed E-state index contributed by atoms with van der Waals surface area (Å²) in [4.78, 5) is 4.40. The van der Waals surface area contributed by atoms with Crippen LogP contribution in [0.2, 0.25) is 0 Å². The lowest BCUT2D eigenvalue weighted by molar-refractivity contribution is 0.415. The average molecular weight is 248 g/mol. The number of hydrogen-bond donors (Lipinski definition) is 2. The van der Waals surface area contributed by atoms with Crippen LogP contribution in [0.3, 0.4) is 0 Å². The van der Waals surface area contributed by atoms with Crippen LogP contribution in [0.15, 0.2) is 30.5 Å². The van der Waals surface area contributed by atoms with Crippen molar-refractivity contribution in [3.63, 3.8) is 0 Å². The zero-order valence-electron chi connectivity index (χ0n) is 9.81. The third-order valence-corrected chi connectivity index (χ3v) is 2.88. The third kappa shape index (κ3) is 2.82. The molecule has 1 aromatic heterocycles. The average Bonchev–Trinajstić information content (AvgIpc) is 2.38. The predicted octanol–water partition coefficient (Wildman–Crippen LogP) is 2.98. The minimum atomic E-state index is 0.846. The number of fused-ring (bicyclic) bond motifs is 1. The van der Waals surface area contributed by atoms with E-state index in [1.54, 1.807) is 13.3 Å². The van der Waals surface area contributed by atoms with Crippen LogP contribution in [0.5, 0.6) is 5.75 Å². The fourth-order valence-electron chi connectivity index (χ4n) is 1.72. The molecule has 0 unspecified atom stereocenters. The lowest BCUT2D eigenvalue weighted by atomic mass is 10.1. The molecule has 17 heavy (non-hydrogen) atoms. The summed E-state index contributed by atoms with van der Waals surface area (Å²) in [6.07, 6.45) is 2.83. The van der Waals surface area contributed by atoms with Gasteiger partial charge in [-0.2, -0.15) is 12.6 Å². The summed E-state index contributed by atoms with van der Waals surface area (Å²) in [7, 11) is 1.68. The van der Waals surface area contributed by atoms with Crippen LogP contribution >= 0.6 is 12.6 Å². The smallest absolute Gasteiger partial charge is 0.121 e. The van der Waals surface area contributed by atoms with Gasteiger partial charge in [0.2, 0.25) is 0 Å². The van der Waals surface area contributed by atoms with Crippen LogP contribution in [0, 0.1) is 0 Å². The van der Waals surface area contributed by atoms with Crippen molar-refractivity contribution in [2.24, 2.45) is 0 Å². The highest BCUT2D eigenvalue weighted by molar-refractivity contribution is 7.80. The van der Waals surface area contributed by atoms with E-state index in [1.807, 2.05) is 24.3 Å². The molecule has 90 valence electrons. The van der Waals surface area contributed by atoms with Gasteiger partial charge in [-0.3, -0.25) is 4.98 Å². The van der Waals surface area contributed by atoms with E-state index in [-0.39, 0.29) is 0 Å². The van der Waals surface area contributed by atoms with Crippen molar-refractivity contribution in [1.82, 2.24) is 4.98 Å². The predicted molar refractivity (Wildman–Crippen MR) is 75.3 cm³/mol. The molecule has 0 bridgehead atoms. The number of nitrogens with zero attached hydrogens (tertiary/aromatic N) is 1. The third-order valence-electron chi connectivity index (χ3n) is 2.56. The Hall–Kier alpha value is -1.42. The maximum absolute atomic E-state index is 5.29. The molecule has 3 nitrogen and oxygen atoms in total. The number of thiol groups is 1. The van der Waals surface area contributed by atoms with Crippen LogP contribution in [-0.4, -0.2) is 24.4 Å². The molecule has 0 aliphatic carbocycles. The number of nitrogens with one attached hydrogen (secondary N) is 1. The molecule has 4 heteroatoms. The van der Waals surface area contributed by atoms with Crippen LogP contribution in [-0.2, 0) is 0 Å². The molecule has 0 amide bonds. The van der Waals surface area contributed by atoms with Crippen molar-refractivity contribution in [3.05, 3.63) is 30.5 Å². The van der Waals surface area contributed by atoms with Crippen molar-refractivity contribution < 1.29 is 4.74 Å². The van der Waals surface area contributed by atoms with Gasteiger partial charge in [-0.1, -0.05) is 6.07 Å². The van der Waals surface area contributed by atoms with E-state index in [1.165, 1.54) is 0 Å². The van der Waals surface area contributed by atoms with Crippen molar-refractivity contribution in [1.29, 1.82) is 0 Å². The molecule has 0 spiro atoms. The van der Waals surface area contributed by atoms with Crippen LogP contribution < -0.4 is 10.1 Å². The fourth-order valence-corrected chi connectivity index (χ4v) is 1.88.